The molecule has 0 fully saturated rings. The summed E-state index contributed by atoms with van der Waals surface area (Å²) in [6.07, 6.45) is 0. The molecule has 4 rings (SSSR count). The lowest BCUT2D eigenvalue weighted by atomic mass is 10.2. The molecule has 0 aliphatic carbocycles. The van der Waals surface area contributed by atoms with Gasteiger partial charge in [0.1, 0.15) is 22.2 Å². The fraction of sp³-hybridized carbons (Fsp3) is 0.100. The highest BCUT2D eigenvalue weighted by molar-refractivity contribution is 7.21. The van der Waals surface area contributed by atoms with E-state index in [9.17, 15) is 0 Å². The second-order valence-electron chi connectivity index (χ2n) is 5.67. The zero-order valence-corrected chi connectivity index (χ0v) is 14.8. The number of hydrogen-bond acceptors (Lipinski definition) is 5. The standard InChI is InChI=1S/C20H17N3OS/c1-13-21-19(23-15-9-6-10-16(11-15)24-2)17-12-18(25-20(17)22-13)14-7-4-3-5-8-14/h3-12H,1-2H3,(H,21,22,23). The van der Waals surface area contributed by atoms with Gasteiger partial charge < -0.3 is 10.1 Å². The van der Waals surface area contributed by atoms with Crippen LogP contribution in [0.5, 0.6) is 5.75 Å². The average molecular weight is 347 g/mol. The van der Waals surface area contributed by atoms with E-state index in [0.29, 0.717) is 0 Å². The monoisotopic (exact) mass is 347 g/mol. The second kappa shape index (κ2) is 6.53. The molecule has 2 aromatic heterocycles. The van der Waals surface area contributed by atoms with E-state index in [2.05, 4.69) is 33.5 Å². The zero-order valence-electron chi connectivity index (χ0n) is 14.0. The first kappa shape index (κ1) is 15.6. The third-order valence-corrected chi connectivity index (χ3v) is 4.97. The van der Waals surface area contributed by atoms with Crippen LogP contribution < -0.4 is 10.1 Å². The number of nitrogens with one attached hydrogen (secondary N) is 1. The number of nitrogens with zero attached hydrogens (tertiary/aromatic N) is 2. The number of aromatic nitrogens is 2. The molecule has 0 radical (unpaired) electrons. The molecule has 2 heterocycles. The minimum Gasteiger partial charge on any atom is -0.497 e. The maximum atomic E-state index is 5.30. The summed E-state index contributed by atoms with van der Waals surface area (Å²) in [7, 11) is 1.66. The molecule has 4 aromatic rings. The number of hydrogen-bond donors (Lipinski definition) is 1. The van der Waals surface area contributed by atoms with E-state index in [0.717, 1.165) is 33.3 Å². The zero-order chi connectivity index (χ0) is 17.2. The van der Waals surface area contributed by atoms with Crippen LogP contribution in [0.25, 0.3) is 20.7 Å². The largest absolute Gasteiger partial charge is 0.497 e. The number of aryl methyl sites for hydroxylation is 1. The summed E-state index contributed by atoms with van der Waals surface area (Å²) in [5.74, 6) is 2.37. The van der Waals surface area contributed by atoms with Crippen molar-refractivity contribution in [1.82, 2.24) is 9.97 Å². The van der Waals surface area contributed by atoms with E-state index in [1.165, 1.54) is 10.4 Å². The number of benzene rings is 2. The predicted molar refractivity (Wildman–Crippen MR) is 104 cm³/mol. The summed E-state index contributed by atoms with van der Waals surface area (Å²) < 4.78 is 5.30. The summed E-state index contributed by atoms with van der Waals surface area (Å²) in [6.45, 7) is 1.91. The van der Waals surface area contributed by atoms with E-state index < -0.39 is 0 Å². The third-order valence-electron chi connectivity index (χ3n) is 3.90. The Morgan fingerprint density at radius 3 is 2.60 bits per heavy atom. The molecule has 0 aliphatic rings. The van der Waals surface area contributed by atoms with E-state index in [-0.39, 0.29) is 0 Å². The number of rotatable bonds is 4. The van der Waals surface area contributed by atoms with Crippen LogP contribution >= 0.6 is 11.3 Å². The Bertz CT molecular complexity index is 1030. The molecule has 0 bridgehead atoms. The predicted octanol–water partition coefficient (Wildman–Crippen LogP) is 5.42. The quantitative estimate of drug-likeness (QED) is 0.535. The smallest absolute Gasteiger partial charge is 0.142 e. The Morgan fingerprint density at radius 1 is 0.960 bits per heavy atom. The fourth-order valence-electron chi connectivity index (χ4n) is 2.71. The van der Waals surface area contributed by atoms with Crippen molar-refractivity contribution in [2.75, 3.05) is 12.4 Å². The van der Waals surface area contributed by atoms with Crippen LogP contribution in [0, 0.1) is 6.92 Å². The van der Waals surface area contributed by atoms with Crippen LogP contribution in [0.15, 0.2) is 60.7 Å². The molecule has 4 nitrogen and oxygen atoms in total. The van der Waals surface area contributed by atoms with Gasteiger partial charge in [-0.15, -0.1) is 11.3 Å². The van der Waals surface area contributed by atoms with Gasteiger partial charge in [-0.25, -0.2) is 9.97 Å². The number of methoxy groups -OCH3 is 1. The topological polar surface area (TPSA) is 47.0 Å². The Kier molecular flexibility index (Phi) is 4.07. The van der Waals surface area contributed by atoms with Gasteiger partial charge >= 0.3 is 0 Å². The van der Waals surface area contributed by atoms with Gasteiger partial charge in [-0.1, -0.05) is 36.4 Å². The van der Waals surface area contributed by atoms with Gasteiger partial charge in [0, 0.05) is 16.6 Å². The van der Waals surface area contributed by atoms with Gasteiger partial charge in [0.2, 0.25) is 0 Å². The molecule has 1 N–H and O–H groups in total. The fourth-order valence-corrected chi connectivity index (χ4v) is 3.79. The van der Waals surface area contributed by atoms with Gasteiger partial charge in [0.25, 0.3) is 0 Å². The van der Waals surface area contributed by atoms with E-state index in [1.54, 1.807) is 18.4 Å². The minimum absolute atomic E-state index is 0.749. The van der Waals surface area contributed by atoms with Crippen molar-refractivity contribution in [3.8, 4) is 16.2 Å². The molecule has 0 aliphatic heterocycles. The summed E-state index contributed by atoms with van der Waals surface area (Å²) in [5.41, 5.74) is 2.13. The van der Waals surface area contributed by atoms with Crippen LogP contribution in [-0.2, 0) is 0 Å². The van der Waals surface area contributed by atoms with Crippen LogP contribution in [-0.4, -0.2) is 17.1 Å². The Hall–Kier alpha value is -2.92. The van der Waals surface area contributed by atoms with Crippen molar-refractivity contribution in [1.29, 1.82) is 0 Å². The van der Waals surface area contributed by atoms with Crippen molar-refractivity contribution in [3.05, 3.63) is 66.5 Å². The highest BCUT2D eigenvalue weighted by Gasteiger charge is 2.12. The minimum atomic E-state index is 0.749. The first-order valence-electron chi connectivity index (χ1n) is 7.97. The molecule has 5 heteroatoms. The van der Waals surface area contributed by atoms with Crippen LogP contribution in [0.2, 0.25) is 0 Å². The van der Waals surface area contributed by atoms with Gasteiger partial charge in [0.05, 0.1) is 12.5 Å². The number of fused-ring (bicyclic) bond motifs is 1. The normalized spacial score (nSPS) is 10.8. The summed E-state index contributed by atoms with van der Waals surface area (Å²) in [5, 5.41) is 4.43. The summed E-state index contributed by atoms with van der Waals surface area (Å²) in [4.78, 5) is 11.4. The van der Waals surface area contributed by atoms with Crippen molar-refractivity contribution in [3.63, 3.8) is 0 Å². The molecular formula is C20H17N3OS. The van der Waals surface area contributed by atoms with Gasteiger partial charge in [-0.05, 0) is 30.7 Å². The first-order chi connectivity index (χ1) is 12.2. The van der Waals surface area contributed by atoms with Crippen molar-refractivity contribution in [2.24, 2.45) is 0 Å². The van der Waals surface area contributed by atoms with Crippen LogP contribution in [0.4, 0.5) is 11.5 Å². The molecule has 25 heavy (non-hydrogen) atoms. The first-order valence-corrected chi connectivity index (χ1v) is 8.79. The Morgan fingerprint density at radius 2 is 1.80 bits per heavy atom. The Labute approximate surface area is 150 Å². The lowest BCUT2D eigenvalue weighted by Gasteiger charge is -2.08. The van der Waals surface area contributed by atoms with Crippen LogP contribution in [0.1, 0.15) is 5.82 Å². The molecule has 2 aromatic carbocycles. The molecule has 0 saturated heterocycles. The van der Waals surface area contributed by atoms with E-state index >= 15 is 0 Å². The van der Waals surface area contributed by atoms with Crippen molar-refractivity contribution < 1.29 is 4.74 Å². The average Bonchev–Trinajstić information content (AvgIpc) is 3.07. The Balaban J connectivity index is 1.79. The van der Waals surface area contributed by atoms with Gasteiger partial charge in [-0.3, -0.25) is 0 Å². The molecule has 0 unspecified atom stereocenters. The third kappa shape index (κ3) is 3.19. The molecule has 0 amide bonds. The molecule has 0 saturated carbocycles. The number of thiophene rings is 1. The summed E-state index contributed by atoms with van der Waals surface area (Å²) >= 11 is 1.68. The maximum absolute atomic E-state index is 5.30. The highest BCUT2D eigenvalue weighted by atomic mass is 32.1. The lowest BCUT2D eigenvalue weighted by molar-refractivity contribution is 0.415. The molecule has 0 spiro atoms. The van der Waals surface area contributed by atoms with E-state index in [4.69, 9.17) is 4.74 Å². The highest BCUT2D eigenvalue weighted by Crippen LogP contribution is 2.36. The molecule has 0 atom stereocenters. The van der Waals surface area contributed by atoms with Crippen LogP contribution in [0.3, 0.4) is 0 Å². The van der Waals surface area contributed by atoms with E-state index in [1.807, 2.05) is 49.4 Å². The number of ether oxygens (including phenoxy) is 1. The second-order valence-corrected chi connectivity index (χ2v) is 6.70. The number of anilines is 2. The van der Waals surface area contributed by atoms with Crippen molar-refractivity contribution in [2.45, 2.75) is 6.92 Å². The SMILES string of the molecule is COc1cccc(Nc2nc(C)nc3sc(-c4ccccc4)cc23)c1. The van der Waals surface area contributed by atoms with Crippen molar-refractivity contribution >= 4 is 33.1 Å². The van der Waals surface area contributed by atoms with Gasteiger partial charge in [0.15, 0.2) is 0 Å². The molecular weight excluding hydrogens is 330 g/mol. The lowest BCUT2D eigenvalue weighted by Crippen LogP contribution is -1.97. The molecule has 124 valence electrons. The maximum Gasteiger partial charge on any atom is 0.142 e. The summed E-state index contributed by atoms with van der Waals surface area (Å²) in [6, 6.07) is 20.3. The van der Waals surface area contributed by atoms with Gasteiger partial charge in [-0.2, -0.15) is 0 Å².